The number of aromatic amines is 1. The lowest BCUT2D eigenvalue weighted by Crippen LogP contribution is -2.54. The highest BCUT2D eigenvalue weighted by molar-refractivity contribution is 7.14. The minimum absolute atomic E-state index is 0.0469. The van der Waals surface area contributed by atoms with Gasteiger partial charge < -0.3 is 19.4 Å². The summed E-state index contributed by atoms with van der Waals surface area (Å²) in [5.41, 5.74) is 6.93. The number of aryl methyl sites for hydroxylation is 1. The summed E-state index contributed by atoms with van der Waals surface area (Å²) in [7, 11) is 0. The predicted octanol–water partition coefficient (Wildman–Crippen LogP) is 4.13. The van der Waals surface area contributed by atoms with Crippen LogP contribution in [0.1, 0.15) is 12.5 Å². The molecule has 178 valence electrons. The number of piperazine rings is 1. The minimum Gasteiger partial charge on any atom is -0.358 e. The molecular formula is C24H23ClN8OS. The summed E-state index contributed by atoms with van der Waals surface area (Å²) in [5.74, 6) is 0.795. The molecule has 0 bridgehead atoms. The molecule has 4 aromatic heterocycles. The van der Waals surface area contributed by atoms with Gasteiger partial charge in [0, 0.05) is 36.9 Å². The Hall–Kier alpha value is -3.50. The maximum atomic E-state index is 13.2. The first-order valence-corrected chi connectivity index (χ1v) is 12.6. The number of carbonyl (C=O) groups is 1. The average Bonchev–Trinajstić information content (AvgIpc) is 3.60. The molecule has 5 aromatic rings. The first-order chi connectivity index (χ1) is 17.0. The van der Waals surface area contributed by atoms with Gasteiger partial charge in [0.1, 0.15) is 22.8 Å². The Labute approximate surface area is 210 Å². The molecular weight excluding hydrogens is 484 g/mol. The lowest BCUT2D eigenvalue weighted by Gasteiger charge is -2.40. The van der Waals surface area contributed by atoms with Gasteiger partial charge in [0.2, 0.25) is 5.91 Å². The van der Waals surface area contributed by atoms with Gasteiger partial charge in [-0.25, -0.2) is 19.9 Å². The number of aromatic nitrogens is 6. The van der Waals surface area contributed by atoms with E-state index in [9.17, 15) is 4.79 Å². The molecule has 1 aromatic carbocycles. The third-order valence-electron chi connectivity index (χ3n) is 6.53. The highest BCUT2D eigenvalue weighted by Crippen LogP contribution is 2.35. The van der Waals surface area contributed by atoms with Crippen molar-refractivity contribution in [2.45, 2.75) is 26.4 Å². The Morgan fingerprint density at radius 3 is 2.97 bits per heavy atom. The van der Waals surface area contributed by atoms with Gasteiger partial charge in [0.15, 0.2) is 11.5 Å². The summed E-state index contributed by atoms with van der Waals surface area (Å²) in [6.07, 6.45) is 3.40. The lowest BCUT2D eigenvalue weighted by molar-refractivity contribution is -0.134. The van der Waals surface area contributed by atoms with Gasteiger partial charge in [0.05, 0.1) is 22.9 Å². The van der Waals surface area contributed by atoms with E-state index in [4.69, 9.17) is 16.6 Å². The highest BCUT2D eigenvalue weighted by Gasteiger charge is 2.30. The molecule has 0 spiro atoms. The van der Waals surface area contributed by atoms with Crippen LogP contribution in [-0.4, -0.2) is 66.0 Å². The molecule has 1 aliphatic rings. The van der Waals surface area contributed by atoms with E-state index in [0.717, 1.165) is 57.4 Å². The Morgan fingerprint density at radius 2 is 2.11 bits per heavy atom. The summed E-state index contributed by atoms with van der Waals surface area (Å²) in [4.78, 5) is 38.9. The summed E-state index contributed by atoms with van der Waals surface area (Å²) < 4.78 is 1.81. The zero-order valence-corrected chi connectivity index (χ0v) is 20.8. The number of hydrogen-bond acceptors (Lipinski definition) is 7. The number of hydrogen-bond donors (Lipinski definition) is 1. The van der Waals surface area contributed by atoms with Crippen LogP contribution >= 0.6 is 22.9 Å². The second kappa shape index (κ2) is 8.62. The molecule has 0 radical (unpaired) electrons. The minimum atomic E-state index is 0.0469. The van der Waals surface area contributed by atoms with Crippen molar-refractivity contribution in [1.29, 1.82) is 0 Å². The number of H-pyrrole nitrogens is 1. The summed E-state index contributed by atoms with van der Waals surface area (Å²) >= 11 is 7.88. The number of thiazole rings is 1. The molecule has 5 heterocycles. The number of nitrogens with zero attached hydrogens (tertiary/aromatic N) is 7. The van der Waals surface area contributed by atoms with Gasteiger partial charge >= 0.3 is 0 Å². The summed E-state index contributed by atoms with van der Waals surface area (Å²) in [6, 6.07) is 7.61. The van der Waals surface area contributed by atoms with Crippen LogP contribution in [0, 0.1) is 6.92 Å². The van der Waals surface area contributed by atoms with Crippen LogP contribution in [0.25, 0.3) is 33.7 Å². The molecule has 9 nitrogen and oxygen atoms in total. The van der Waals surface area contributed by atoms with Crippen molar-refractivity contribution < 1.29 is 4.79 Å². The number of anilines is 1. The molecule has 1 amide bonds. The van der Waals surface area contributed by atoms with Crippen molar-refractivity contribution in [3.05, 3.63) is 52.9 Å². The SMILES string of the molecule is Cc1c(Cl)ccc2[nH]c(-c3ncsc3N3CCN(C(=O)Cn4cnc5cccnc54)[C@H](C)C3)nc12. The zero-order valence-electron chi connectivity index (χ0n) is 19.3. The Bertz CT molecular complexity index is 1560. The summed E-state index contributed by atoms with van der Waals surface area (Å²) in [5, 5.41) is 1.75. The smallest absolute Gasteiger partial charge is 0.242 e. The van der Waals surface area contributed by atoms with E-state index in [1.165, 1.54) is 0 Å². The molecule has 1 saturated heterocycles. The van der Waals surface area contributed by atoms with Crippen LogP contribution in [0.2, 0.25) is 5.02 Å². The van der Waals surface area contributed by atoms with E-state index in [1.807, 2.05) is 46.2 Å². The predicted molar refractivity (Wildman–Crippen MR) is 138 cm³/mol. The maximum Gasteiger partial charge on any atom is 0.242 e. The van der Waals surface area contributed by atoms with E-state index < -0.39 is 0 Å². The summed E-state index contributed by atoms with van der Waals surface area (Å²) in [6.45, 7) is 6.35. The number of nitrogens with one attached hydrogen (secondary N) is 1. The number of amides is 1. The molecule has 11 heteroatoms. The fourth-order valence-electron chi connectivity index (χ4n) is 4.69. The molecule has 1 aliphatic heterocycles. The molecule has 1 N–H and O–H groups in total. The zero-order chi connectivity index (χ0) is 24.1. The van der Waals surface area contributed by atoms with Crippen molar-refractivity contribution in [3.63, 3.8) is 0 Å². The normalized spacial score (nSPS) is 16.5. The largest absolute Gasteiger partial charge is 0.358 e. The lowest BCUT2D eigenvalue weighted by atomic mass is 10.2. The van der Waals surface area contributed by atoms with Crippen molar-refractivity contribution in [2.24, 2.45) is 0 Å². The van der Waals surface area contributed by atoms with E-state index >= 15 is 0 Å². The van der Waals surface area contributed by atoms with Crippen LogP contribution in [0.15, 0.2) is 42.3 Å². The van der Waals surface area contributed by atoms with E-state index in [0.29, 0.717) is 11.6 Å². The van der Waals surface area contributed by atoms with E-state index in [-0.39, 0.29) is 18.5 Å². The van der Waals surface area contributed by atoms with Crippen LogP contribution in [0.4, 0.5) is 5.00 Å². The van der Waals surface area contributed by atoms with Gasteiger partial charge in [-0.15, -0.1) is 11.3 Å². The number of imidazole rings is 2. The quantitative estimate of drug-likeness (QED) is 0.394. The first-order valence-electron chi connectivity index (χ1n) is 11.4. The number of carbonyl (C=O) groups excluding carboxylic acids is 1. The van der Waals surface area contributed by atoms with Crippen LogP contribution in [-0.2, 0) is 11.3 Å². The van der Waals surface area contributed by atoms with Gasteiger partial charge in [-0.2, -0.15) is 0 Å². The maximum absolute atomic E-state index is 13.2. The number of fused-ring (bicyclic) bond motifs is 2. The van der Waals surface area contributed by atoms with Gasteiger partial charge in [-0.05, 0) is 43.7 Å². The van der Waals surface area contributed by atoms with Crippen LogP contribution < -0.4 is 4.90 Å². The Morgan fingerprint density at radius 1 is 1.23 bits per heavy atom. The van der Waals surface area contributed by atoms with E-state index in [2.05, 4.69) is 31.8 Å². The fourth-order valence-corrected chi connectivity index (χ4v) is 5.68. The van der Waals surface area contributed by atoms with Gasteiger partial charge in [0.25, 0.3) is 0 Å². The Balaban J connectivity index is 1.20. The third kappa shape index (κ3) is 3.82. The van der Waals surface area contributed by atoms with Crippen molar-refractivity contribution in [1.82, 2.24) is 34.4 Å². The number of halogens is 1. The molecule has 6 rings (SSSR count). The first kappa shape index (κ1) is 22.0. The number of benzene rings is 1. The topological polar surface area (TPSA) is 95.8 Å². The monoisotopic (exact) mass is 506 g/mol. The second-order valence-electron chi connectivity index (χ2n) is 8.76. The number of pyridine rings is 1. The molecule has 0 saturated carbocycles. The van der Waals surface area contributed by atoms with Crippen molar-refractivity contribution in [2.75, 3.05) is 24.5 Å². The standard InChI is InChI=1S/C24H23ClN8OS/c1-14-10-31(8-9-33(14)19(34)11-32-12-27-18-4-3-7-26-23(18)32)24-21(28-13-35-24)22-29-17-6-5-16(25)15(2)20(17)30-22/h3-7,12-14H,8-11H2,1-2H3,(H,29,30)/t14-/m1/s1. The molecule has 0 unspecified atom stereocenters. The molecule has 1 fully saturated rings. The molecule has 1 atom stereocenters. The average molecular weight is 507 g/mol. The van der Waals surface area contributed by atoms with Crippen molar-refractivity contribution >= 4 is 56.0 Å². The third-order valence-corrected chi connectivity index (χ3v) is 7.82. The van der Waals surface area contributed by atoms with Crippen LogP contribution in [0.3, 0.4) is 0 Å². The van der Waals surface area contributed by atoms with Gasteiger partial charge in [-0.1, -0.05) is 11.6 Å². The van der Waals surface area contributed by atoms with Gasteiger partial charge in [-0.3, -0.25) is 4.79 Å². The molecule has 35 heavy (non-hydrogen) atoms. The number of rotatable bonds is 4. The molecule has 0 aliphatic carbocycles. The Kier molecular flexibility index (Phi) is 5.42. The van der Waals surface area contributed by atoms with E-state index in [1.54, 1.807) is 23.9 Å². The van der Waals surface area contributed by atoms with Crippen LogP contribution in [0.5, 0.6) is 0 Å². The van der Waals surface area contributed by atoms with Crippen molar-refractivity contribution in [3.8, 4) is 11.5 Å². The fraction of sp³-hybridized carbons (Fsp3) is 0.292. The highest BCUT2D eigenvalue weighted by atomic mass is 35.5. The second-order valence-corrected chi connectivity index (χ2v) is 10.0.